The Balaban J connectivity index is 1.26. The third-order valence-electron chi connectivity index (χ3n) is 9.55. The number of fused-ring (bicyclic) bond motifs is 4. The molecular formula is C33H35FN6O2. The summed E-state index contributed by atoms with van der Waals surface area (Å²) in [5, 5.41) is 10.4. The second kappa shape index (κ2) is 10.7. The quantitative estimate of drug-likeness (QED) is 0.390. The fraction of sp³-hybridized carbons (Fsp3) is 0.455. The van der Waals surface area contributed by atoms with E-state index in [2.05, 4.69) is 53.9 Å². The Bertz CT molecular complexity index is 1600. The van der Waals surface area contributed by atoms with Crippen LogP contribution < -0.4 is 9.64 Å². The van der Waals surface area contributed by atoms with Crippen LogP contribution in [0.5, 0.6) is 6.01 Å². The number of alkyl halides is 1. The van der Waals surface area contributed by atoms with Gasteiger partial charge < -0.3 is 14.5 Å². The summed E-state index contributed by atoms with van der Waals surface area (Å²) in [5.74, 6) is 2.01. The number of likely N-dealkylation sites (tertiary alicyclic amines) is 1. The molecule has 0 radical (unpaired) electrons. The average molecular weight is 567 g/mol. The highest BCUT2D eigenvalue weighted by atomic mass is 19.1. The van der Waals surface area contributed by atoms with Crippen molar-refractivity contribution in [2.45, 2.75) is 49.9 Å². The number of piperazine rings is 1. The summed E-state index contributed by atoms with van der Waals surface area (Å²) >= 11 is 0. The standard InChI is InChI=1S/C33H35FN6O2/c1-3-30(41)40-12-11-39(18-24(40)9-10-35)32-27-8-7-20(26-6-4-5-21-13-22-14-28(22)31(21)26)15-29(27)36-33(37-32)42-19-25-16-23(34)17-38(25)2/h3-8,15,22-25,28H,1,9,11-14,16-19H2,2H3/t22?,23-,24+,25+,28?/m1/s1. The Labute approximate surface area is 245 Å². The first-order valence-corrected chi connectivity index (χ1v) is 14.9. The van der Waals surface area contributed by atoms with E-state index in [4.69, 9.17) is 14.7 Å². The minimum absolute atomic E-state index is 0.0408. The number of benzene rings is 2. The summed E-state index contributed by atoms with van der Waals surface area (Å²) in [6, 6.07) is 15.2. The van der Waals surface area contributed by atoms with E-state index in [1.54, 1.807) is 4.90 Å². The summed E-state index contributed by atoms with van der Waals surface area (Å²) < 4.78 is 20.2. The number of hydrogen-bond donors (Lipinski definition) is 0. The van der Waals surface area contributed by atoms with Gasteiger partial charge in [-0.05, 0) is 78.6 Å². The molecule has 5 atom stereocenters. The SMILES string of the molecule is C=CC(=O)N1CCN(c2nc(OC[C@@H]3C[C@@H](F)CN3C)nc3cc(-c4cccc5c4C4CC4C5)ccc23)C[C@@H]1CC#N. The van der Waals surface area contributed by atoms with E-state index in [1.807, 2.05) is 11.9 Å². The van der Waals surface area contributed by atoms with Gasteiger partial charge in [-0.1, -0.05) is 30.8 Å². The summed E-state index contributed by atoms with van der Waals surface area (Å²) in [6.45, 7) is 5.81. The van der Waals surface area contributed by atoms with Crippen LogP contribution in [-0.4, -0.2) is 83.8 Å². The predicted molar refractivity (Wildman–Crippen MR) is 159 cm³/mol. The van der Waals surface area contributed by atoms with Crippen molar-refractivity contribution in [2.75, 3.05) is 44.7 Å². The average Bonchev–Trinajstić information content (AvgIpc) is 3.54. The molecule has 0 bridgehead atoms. The van der Waals surface area contributed by atoms with Crippen molar-refractivity contribution in [2.24, 2.45) is 5.92 Å². The van der Waals surface area contributed by atoms with Gasteiger partial charge in [-0.2, -0.15) is 15.2 Å². The Kier molecular flexibility index (Phi) is 6.82. The molecule has 7 rings (SSSR count). The third-order valence-corrected chi connectivity index (χ3v) is 9.55. The molecular weight excluding hydrogens is 531 g/mol. The van der Waals surface area contributed by atoms with Crippen molar-refractivity contribution in [1.29, 1.82) is 5.26 Å². The summed E-state index contributed by atoms with van der Waals surface area (Å²) in [6.07, 6.45) is 3.54. The third kappa shape index (κ3) is 4.78. The number of ether oxygens (including phenoxy) is 1. The fourth-order valence-corrected chi connectivity index (χ4v) is 7.27. The normalized spacial score (nSPS) is 26.5. The summed E-state index contributed by atoms with van der Waals surface area (Å²) in [7, 11) is 1.91. The van der Waals surface area contributed by atoms with Crippen LogP contribution in [0.2, 0.25) is 0 Å². The number of hydrogen-bond acceptors (Lipinski definition) is 7. The van der Waals surface area contributed by atoms with Gasteiger partial charge in [-0.3, -0.25) is 9.69 Å². The molecule has 2 saturated heterocycles. The van der Waals surface area contributed by atoms with E-state index in [0.29, 0.717) is 45.1 Å². The number of aromatic nitrogens is 2. The van der Waals surface area contributed by atoms with Crippen molar-refractivity contribution < 1.29 is 13.9 Å². The number of carbonyl (C=O) groups is 1. The van der Waals surface area contributed by atoms with Crippen LogP contribution in [0.1, 0.15) is 36.3 Å². The fourth-order valence-electron chi connectivity index (χ4n) is 7.27. The van der Waals surface area contributed by atoms with Crippen LogP contribution in [0.15, 0.2) is 49.1 Å². The second-order valence-corrected chi connectivity index (χ2v) is 12.2. The number of halogens is 1. The van der Waals surface area contributed by atoms with Crippen LogP contribution in [0, 0.1) is 17.2 Å². The number of rotatable bonds is 7. The van der Waals surface area contributed by atoms with E-state index in [1.165, 1.54) is 35.6 Å². The van der Waals surface area contributed by atoms with Crippen molar-refractivity contribution in [3.8, 4) is 23.2 Å². The number of likely N-dealkylation sites (N-methyl/N-ethyl adjacent to an activating group) is 1. The maximum atomic E-state index is 14.0. The molecule has 2 unspecified atom stereocenters. The Morgan fingerprint density at radius 3 is 2.86 bits per heavy atom. The summed E-state index contributed by atoms with van der Waals surface area (Å²) in [5.41, 5.74) is 6.12. The first kappa shape index (κ1) is 26.8. The molecule has 4 aliphatic rings. The first-order valence-electron chi connectivity index (χ1n) is 14.9. The zero-order valence-electron chi connectivity index (χ0n) is 23.9. The Hall–Kier alpha value is -4.03. The molecule has 8 nitrogen and oxygen atoms in total. The number of nitrogens with zero attached hydrogens (tertiary/aromatic N) is 6. The van der Waals surface area contributed by atoms with E-state index < -0.39 is 6.17 Å². The molecule has 1 amide bonds. The van der Waals surface area contributed by atoms with Gasteiger partial charge in [0.1, 0.15) is 18.6 Å². The van der Waals surface area contributed by atoms with Crippen LogP contribution in [0.4, 0.5) is 10.2 Å². The van der Waals surface area contributed by atoms with Gasteiger partial charge in [0, 0.05) is 37.6 Å². The number of anilines is 1. The van der Waals surface area contributed by atoms with Gasteiger partial charge in [-0.25, -0.2) is 4.39 Å². The molecule has 3 fully saturated rings. The van der Waals surface area contributed by atoms with Crippen LogP contribution >= 0.6 is 0 Å². The molecule has 1 saturated carbocycles. The monoisotopic (exact) mass is 566 g/mol. The lowest BCUT2D eigenvalue weighted by molar-refractivity contribution is -0.128. The zero-order valence-corrected chi connectivity index (χ0v) is 23.9. The van der Waals surface area contributed by atoms with Gasteiger partial charge in [0.15, 0.2) is 0 Å². The second-order valence-electron chi connectivity index (χ2n) is 12.2. The molecule has 3 aromatic rings. The lowest BCUT2D eigenvalue weighted by Crippen LogP contribution is -2.55. The maximum absolute atomic E-state index is 14.0. The topological polar surface area (TPSA) is 85.6 Å². The first-order chi connectivity index (χ1) is 20.4. The molecule has 9 heteroatoms. The lowest BCUT2D eigenvalue weighted by atomic mass is 9.94. The highest BCUT2D eigenvalue weighted by molar-refractivity contribution is 5.94. The largest absolute Gasteiger partial charge is 0.462 e. The van der Waals surface area contributed by atoms with Crippen molar-refractivity contribution >= 4 is 22.6 Å². The Morgan fingerprint density at radius 1 is 1.19 bits per heavy atom. The van der Waals surface area contributed by atoms with E-state index in [0.717, 1.165) is 28.2 Å². The minimum Gasteiger partial charge on any atom is -0.462 e. The molecule has 2 aromatic carbocycles. The van der Waals surface area contributed by atoms with Crippen LogP contribution in [-0.2, 0) is 11.2 Å². The van der Waals surface area contributed by atoms with Crippen LogP contribution in [0.3, 0.4) is 0 Å². The molecule has 216 valence electrons. The van der Waals surface area contributed by atoms with Gasteiger partial charge in [0.25, 0.3) is 0 Å². The van der Waals surface area contributed by atoms with E-state index in [9.17, 15) is 14.4 Å². The van der Waals surface area contributed by atoms with Crippen molar-refractivity contribution in [3.63, 3.8) is 0 Å². The smallest absolute Gasteiger partial charge is 0.319 e. The Morgan fingerprint density at radius 2 is 2.07 bits per heavy atom. The number of nitriles is 1. The van der Waals surface area contributed by atoms with E-state index >= 15 is 0 Å². The molecule has 3 heterocycles. The van der Waals surface area contributed by atoms with E-state index in [-0.39, 0.29) is 30.4 Å². The van der Waals surface area contributed by atoms with Gasteiger partial charge in [0.05, 0.1) is 24.0 Å². The molecule has 0 N–H and O–H groups in total. The summed E-state index contributed by atoms with van der Waals surface area (Å²) in [4.78, 5) is 28.0. The molecule has 42 heavy (non-hydrogen) atoms. The molecule has 0 spiro atoms. The van der Waals surface area contributed by atoms with Gasteiger partial charge in [0.2, 0.25) is 5.91 Å². The lowest BCUT2D eigenvalue weighted by Gasteiger charge is -2.41. The minimum atomic E-state index is -0.857. The highest BCUT2D eigenvalue weighted by Crippen LogP contribution is 2.58. The van der Waals surface area contributed by atoms with Crippen LogP contribution in [0.25, 0.3) is 22.0 Å². The van der Waals surface area contributed by atoms with Gasteiger partial charge in [-0.15, -0.1) is 0 Å². The number of carbonyl (C=O) groups excluding carboxylic acids is 1. The zero-order chi connectivity index (χ0) is 29.0. The highest BCUT2D eigenvalue weighted by Gasteiger charge is 2.46. The number of amides is 1. The van der Waals surface area contributed by atoms with Crippen molar-refractivity contribution in [1.82, 2.24) is 19.8 Å². The molecule has 1 aromatic heterocycles. The molecule has 2 aliphatic carbocycles. The van der Waals surface area contributed by atoms with Crippen molar-refractivity contribution in [3.05, 3.63) is 60.2 Å². The van der Waals surface area contributed by atoms with Gasteiger partial charge >= 0.3 is 6.01 Å². The molecule has 2 aliphatic heterocycles. The maximum Gasteiger partial charge on any atom is 0.319 e. The predicted octanol–water partition coefficient (Wildman–Crippen LogP) is 4.49.